The van der Waals surface area contributed by atoms with Crippen molar-refractivity contribution >= 4 is 17.4 Å². The summed E-state index contributed by atoms with van der Waals surface area (Å²) in [7, 11) is 0. The van der Waals surface area contributed by atoms with E-state index in [1.165, 1.54) is 24.8 Å². The van der Waals surface area contributed by atoms with Gasteiger partial charge in [-0.05, 0) is 72.6 Å². The van der Waals surface area contributed by atoms with E-state index in [-0.39, 0.29) is 5.78 Å². The number of unbranched alkanes of at least 4 members (excludes halogenated alkanes) is 3. The van der Waals surface area contributed by atoms with E-state index < -0.39 is 0 Å². The molecule has 3 rings (SSSR count). The third-order valence-electron chi connectivity index (χ3n) is 5.65. The minimum Gasteiger partial charge on any atom is -0.494 e. The first-order valence-corrected chi connectivity index (χ1v) is 11.6. The lowest BCUT2D eigenvalue weighted by molar-refractivity contribution is -0.113. The smallest absolute Gasteiger partial charge is 0.167 e. The Balaban J connectivity index is 1.61. The molecule has 2 nitrogen and oxygen atoms in total. The van der Waals surface area contributed by atoms with Crippen LogP contribution >= 0.6 is 0 Å². The Labute approximate surface area is 187 Å². The van der Waals surface area contributed by atoms with Crippen molar-refractivity contribution < 1.29 is 9.53 Å². The fourth-order valence-corrected chi connectivity index (χ4v) is 3.85. The summed E-state index contributed by atoms with van der Waals surface area (Å²) in [4.78, 5) is 12.8. The summed E-state index contributed by atoms with van der Waals surface area (Å²) in [6.07, 6.45) is 16.4. The topological polar surface area (TPSA) is 26.3 Å². The average Bonchev–Trinajstić information content (AvgIpc) is 2.79. The number of hydrogen-bond donors (Lipinski definition) is 0. The third kappa shape index (κ3) is 6.82. The van der Waals surface area contributed by atoms with Crippen LogP contribution in [0.15, 0.2) is 67.3 Å². The predicted octanol–water partition coefficient (Wildman–Crippen LogP) is 7.38. The Morgan fingerprint density at radius 3 is 2.65 bits per heavy atom. The number of benzene rings is 2. The van der Waals surface area contributed by atoms with Gasteiger partial charge in [0.1, 0.15) is 5.75 Å². The lowest BCUT2D eigenvalue weighted by Gasteiger charge is -2.17. The highest BCUT2D eigenvalue weighted by atomic mass is 16.5. The van der Waals surface area contributed by atoms with Crippen LogP contribution < -0.4 is 4.74 Å². The van der Waals surface area contributed by atoms with Crippen LogP contribution in [0.4, 0.5) is 0 Å². The molecule has 0 aliphatic heterocycles. The number of ketones is 1. The minimum atomic E-state index is 0.177. The first-order valence-electron chi connectivity index (χ1n) is 11.6. The van der Waals surface area contributed by atoms with Gasteiger partial charge >= 0.3 is 0 Å². The Kier molecular flexibility index (Phi) is 8.90. The molecule has 2 heteroatoms. The normalized spacial score (nSPS) is 13.2. The van der Waals surface area contributed by atoms with Gasteiger partial charge in [0, 0.05) is 12.0 Å². The molecule has 0 saturated carbocycles. The molecule has 0 amide bonds. The van der Waals surface area contributed by atoms with Crippen molar-refractivity contribution in [3.63, 3.8) is 0 Å². The number of ether oxygens (including phenoxy) is 1. The molecule has 0 heterocycles. The first-order chi connectivity index (χ1) is 15.2. The summed E-state index contributed by atoms with van der Waals surface area (Å²) in [5.74, 6) is 1.02. The molecule has 0 radical (unpaired) electrons. The van der Waals surface area contributed by atoms with Gasteiger partial charge in [-0.1, -0.05) is 68.3 Å². The summed E-state index contributed by atoms with van der Waals surface area (Å²) >= 11 is 0. The Morgan fingerprint density at radius 2 is 1.87 bits per heavy atom. The molecular weight excluding hydrogens is 380 g/mol. The van der Waals surface area contributed by atoms with E-state index in [1.807, 2.05) is 24.3 Å². The van der Waals surface area contributed by atoms with Gasteiger partial charge in [-0.25, -0.2) is 0 Å². The zero-order chi connectivity index (χ0) is 21.9. The summed E-state index contributed by atoms with van der Waals surface area (Å²) in [6, 6.07) is 14.6. The number of allylic oxidation sites excluding steroid dienone is 4. The molecule has 0 bridgehead atoms. The number of fused-ring (bicyclic) bond motifs is 1. The molecule has 0 fully saturated rings. The third-order valence-corrected chi connectivity index (χ3v) is 5.65. The second-order valence-corrected chi connectivity index (χ2v) is 8.16. The molecule has 2 aromatic carbocycles. The standard InChI is InChI=1S/C29H34O2/c1-3-5-7-8-9-11-19-31-27-18-17-25-21-28(29(30)22-26(25)20-27)24-15-13-23(14-16-24)12-10-6-4-2/h3,7-8,13-18,20-21H,1,4-6,9-12,19,22H2,2H3/b8-7+. The van der Waals surface area contributed by atoms with E-state index in [9.17, 15) is 4.79 Å². The second-order valence-electron chi connectivity index (χ2n) is 8.16. The van der Waals surface area contributed by atoms with Crippen LogP contribution in [-0.2, 0) is 17.6 Å². The van der Waals surface area contributed by atoms with Gasteiger partial charge in [-0.3, -0.25) is 4.79 Å². The van der Waals surface area contributed by atoms with Gasteiger partial charge in [0.2, 0.25) is 0 Å². The number of carbonyl (C=O) groups excluding carboxylic acids is 1. The summed E-state index contributed by atoms with van der Waals surface area (Å²) in [6.45, 7) is 6.61. The summed E-state index contributed by atoms with van der Waals surface area (Å²) < 4.78 is 5.89. The van der Waals surface area contributed by atoms with Crippen LogP contribution in [0, 0.1) is 0 Å². The fraction of sp³-hybridized carbons (Fsp3) is 0.345. The highest BCUT2D eigenvalue weighted by molar-refractivity contribution is 6.27. The molecule has 1 aliphatic rings. The maximum atomic E-state index is 12.8. The van der Waals surface area contributed by atoms with E-state index in [0.717, 1.165) is 53.7 Å². The van der Waals surface area contributed by atoms with Crippen molar-refractivity contribution in [1.29, 1.82) is 0 Å². The lowest BCUT2D eigenvalue weighted by Crippen LogP contribution is -2.12. The van der Waals surface area contributed by atoms with Gasteiger partial charge in [0.05, 0.1) is 6.61 Å². The Hall–Kier alpha value is -2.87. The molecule has 2 aromatic rings. The van der Waals surface area contributed by atoms with E-state index in [1.54, 1.807) is 0 Å². The monoisotopic (exact) mass is 414 g/mol. The molecule has 0 atom stereocenters. The maximum absolute atomic E-state index is 12.8. The van der Waals surface area contributed by atoms with E-state index in [0.29, 0.717) is 13.0 Å². The molecule has 31 heavy (non-hydrogen) atoms. The summed E-state index contributed by atoms with van der Waals surface area (Å²) in [5.41, 5.74) is 5.33. The molecular formula is C29H34O2. The van der Waals surface area contributed by atoms with Crippen LogP contribution in [0.1, 0.15) is 67.7 Å². The lowest BCUT2D eigenvalue weighted by atomic mass is 9.87. The first kappa shape index (κ1) is 22.8. The van der Waals surface area contributed by atoms with Crippen molar-refractivity contribution in [3.05, 3.63) is 89.5 Å². The van der Waals surface area contributed by atoms with Gasteiger partial charge in [0.25, 0.3) is 0 Å². The van der Waals surface area contributed by atoms with Crippen molar-refractivity contribution in [2.24, 2.45) is 0 Å². The van der Waals surface area contributed by atoms with E-state index in [2.05, 4.69) is 56.0 Å². The second kappa shape index (κ2) is 12.1. The zero-order valence-corrected chi connectivity index (χ0v) is 18.7. The minimum absolute atomic E-state index is 0.177. The largest absolute Gasteiger partial charge is 0.494 e. The molecule has 162 valence electrons. The van der Waals surface area contributed by atoms with Crippen molar-refractivity contribution in [2.45, 2.75) is 58.3 Å². The van der Waals surface area contributed by atoms with Gasteiger partial charge < -0.3 is 4.74 Å². The number of carbonyl (C=O) groups is 1. The van der Waals surface area contributed by atoms with Gasteiger partial charge in [0.15, 0.2) is 5.78 Å². The van der Waals surface area contributed by atoms with Crippen molar-refractivity contribution in [3.8, 4) is 5.75 Å². The van der Waals surface area contributed by atoms with Crippen molar-refractivity contribution in [1.82, 2.24) is 0 Å². The van der Waals surface area contributed by atoms with Crippen LogP contribution in [0.5, 0.6) is 5.75 Å². The average molecular weight is 415 g/mol. The zero-order valence-electron chi connectivity index (χ0n) is 18.7. The molecule has 0 spiro atoms. The van der Waals surface area contributed by atoms with Crippen LogP contribution in [-0.4, -0.2) is 12.4 Å². The fourth-order valence-electron chi connectivity index (χ4n) is 3.85. The number of hydrogen-bond acceptors (Lipinski definition) is 2. The van der Waals surface area contributed by atoms with Gasteiger partial charge in [-0.15, -0.1) is 6.58 Å². The molecule has 0 N–H and O–H groups in total. The highest BCUT2D eigenvalue weighted by Crippen LogP contribution is 2.30. The molecule has 0 aromatic heterocycles. The summed E-state index contributed by atoms with van der Waals surface area (Å²) in [5, 5.41) is 0. The number of aryl methyl sites for hydroxylation is 1. The number of rotatable bonds is 12. The van der Waals surface area contributed by atoms with Crippen LogP contribution in [0.3, 0.4) is 0 Å². The van der Waals surface area contributed by atoms with E-state index in [4.69, 9.17) is 4.74 Å². The Bertz CT molecular complexity index is 932. The molecule has 0 unspecified atom stereocenters. The van der Waals surface area contributed by atoms with E-state index >= 15 is 0 Å². The molecule has 1 aliphatic carbocycles. The Morgan fingerprint density at radius 1 is 1.03 bits per heavy atom. The predicted molar refractivity (Wildman–Crippen MR) is 131 cm³/mol. The quantitative estimate of drug-likeness (QED) is 0.267. The maximum Gasteiger partial charge on any atom is 0.167 e. The van der Waals surface area contributed by atoms with Gasteiger partial charge in [-0.2, -0.15) is 0 Å². The molecule has 0 saturated heterocycles. The number of Topliss-reactive ketones (excluding diaryl/α,β-unsaturated/α-hetero) is 1. The SMILES string of the molecule is C=CC/C=C/CCCOc1ccc2c(c1)CC(=O)C(c1ccc(CCCCC)cc1)=C2. The van der Waals surface area contributed by atoms with Crippen molar-refractivity contribution in [2.75, 3.05) is 6.61 Å². The van der Waals surface area contributed by atoms with Crippen LogP contribution in [0.2, 0.25) is 0 Å². The van der Waals surface area contributed by atoms with Crippen LogP contribution in [0.25, 0.3) is 11.6 Å². The highest BCUT2D eigenvalue weighted by Gasteiger charge is 2.20.